The Hall–Kier alpha value is -1.63. The molecule has 0 radical (unpaired) electrons. The molecule has 21 heavy (non-hydrogen) atoms. The zero-order chi connectivity index (χ0) is 15.4. The van der Waals surface area contributed by atoms with Crippen LogP contribution in [-0.2, 0) is 9.59 Å². The quantitative estimate of drug-likeness (QED) is 0.760. The number of hydrogen-bond acceptors (Lipinski definition) is 4. The molecular weight excluding hydrogens is 272 g/mol. The Labute approximate surface area is 124 Å². The summed E-state index contributed by atoms with van der Waals surface area (Å²) in [6.45, 7) is 4.32. The summed E-state index contributed by atoms with van der Waals surface area (Å²) in [5.41, 5.74) is 4.95. The molecule has 1 aliphatic heterocycles. The number of nitrogens with one attached hydrogen (secondary N) is 1. The number of nitrogens with zero attached hydrogens (tertiary/aromatic N) is 2. The lowest BCUT2D eigenvalue weighted by atomic mass is 10.1. The second-order valence-electron chi connectivity index (χ2n) is 5.87. The van der Waals surface area contributed by atoms with Crippen molar-refractivity contribution >= 4 is 17.8 Å². The topological polar surface area (TPSA) is 95.7 Å². The van der Waals surface area contributed by atoms with E-state index in [9.17, 15) is 14.4 Å². The van der Waals surface area contributed by atoms with Crippen molar-refractivity contribution < 1.29 is 14.4 Å². The van der Waals surface area contributed by atoms with E-state index >= 15 is 0 Å². The minimum Gasteiger partial charge on any atom is -0.351 e. The van der Waals surface area contributed by atoms with E-state index in [4.69, 9.17) is 5.73 Å². The van der Waals surface area contributed by atoms with E-state index in [2.05, 4.69) is 5.32 Å². The van der Waals surface area contributed by atoms with E-state index in [0.29, 0.717) is 26.2 Å². The third kappa shape index (κ3) is 3.93. The molecule has 1 saturated carbocycles. The number of urea groups is 1. The number of piperazine rings is 1. The maximum absolute atomic E-state index is 12.3. The average Bonchev–Trinajstić information content (AvgIpc) is 2.99. The number of rotatable bonds is 3. The van der Waals surface area contributed by atoms with Gasteiger partial charge in [0.2, 0.25) is 11.8 Å². The van der Waals surface area contributed by atoms with Crippen molar-refractivity contribution in [2.45, 2.75) is 38.6 Å². The Balaban J connectivity index is 1.81. The van der Waals surface area contributed by atoms with E-state index in [1.54, 1.807) is 6.92 Å². The molecule has 0 spiro atoms. The number of carbonyl (C=O) groups excluding carboxylic acids is 3. The number of amides is 4. The largest absolute Gasteiger partial charge is 0.351 e. The van der Waals surface area contributed by atoms with Crippen molar-refractivity contribution in [1.29, 1.82) is 0 Å². The van der Waals surface area contributed by atoms with Gasteiger partial charge in [-0.25, -0.2) is 4.79 Å². The van der Waals surface area contributed by atoms with Crippen molar-refractivity contribution in [3.8, 4) is 0 Å². The van der Waals surface area contributed by atoms with Crippen molar-refractivity contribution in [1.82, 2.24) is 15.1 Å². The fraction of sp³-hybridized carbons (Fsp3) is 0.786. The fourth-order valence-corrected chi connectivity index (χ4v) is 3.15. The number of carbonyl (C=O) groups is 3. The summed E-state index contributed by atoms with van der Waals surface area (Å²) in [5.74, 6) is 0.0755. The van der Waals surface area contributed by atoms with Gasteiger partial charge in [-0.2, -0.15) is 0 Å². The first kappa shape index (κ1) is 15.8. The van der Waals surface area contributed by atoms with Crippen LogP contribution in [0.1, 0.15) is 32.6 Å². The lowest BCUT2D eigenvalue weighted by Gasteiger charge is -2.38. The highest BCUT2D eigenvalue weighted by atomic mass is 16.2. The first-order valence-corrected chi connectivity index (χ1v) is 7.62. The van der Waals surface area contributed by atoms with Gasteiger partial charge in [0.05, 0.1) is 6.04 Å². The molecular formula is C14H24N4O3. The summed E-state index contributed by atoms with van der Waals surface area (Å²) in [6, 6.07) is -1.25. The molecule has 1 aliphatic carbocycles. The maximum Gasteiger partial charge on any atom is 0.318 e. The van der Waals surface area contributed by atoms with Crippen molar-refractivity contribution in [2.75, 3.05) is 26.2 Å². The van der Waals surface area contributed by atoms with Crippen LogP contribution in [0, 0.1) is 5.92 Å². The molecule has 2 rings (SSSR count). The number of primary amides is 1. The normalized spacial score (nSPS) is 22.0. The molecule has 118 valence electrons. The summed E-state index contributed by atoms with van der Waals surface area (Å²) in [4.78, 5) is 38.6. The van der Waals surface area contributed by atoms with Gasteiger partial charge in [-0.05, 0) is 19.8 Å². The molecule has 7 nitrogen and oxygen atoms in total. The summed E-state index contributed by atoms with van der Waals surface area (Å²) >= 11 is 0. The van der Waals surface area contributed by atoms with Crippen LogP contribution < -0.4 is 11.1 Å². The highest BCUT2D eigenvalue weighted by Crippen LogP contribution is 2.27. The van der Waals surface area contributed by atoms with Gasteiger partial charge >= 0.3 is 6.03 Å². The molecule has 0 aromatic rings. The lowest BCUT2D eigenvalue weighted by molar-refractivity contribution is -0.138. The maximum atomic E-state index is 12.3. The van der Waals surface area contributed by atoms with Crippen LogP contribution in [0.4, 0.5) is 4.79 Å². The first-order chi connectivity index (χ1) is 9.99. The van der Waals surface area contributed by atoms with E-state index in [-0.39, 0.29) is 11.8 Å². The van der Waals surface area contributed by atoms with Crippen LogP contribution in [0.25, 0.3) is 0 Å². The number of hydrogen-bond donors (Lipinski definition) is 2. The second-order valence-corrected chi connectivity index (χ2v) is 5.87. The molecule has 0 bridgehead atoms. The van der Waals surface area contributed by atoms with E-state index in [1.807, 2.05) is 9.80 Å². The predicted octanol–water partition coefficient (Wildman–Crippen LogP) is -0.0958. The molecule has 1 heterocycles. The Kier molecular flexibility index (Phi) is 5.17. The Morgan fingerprint density at radius 3 is 2.19 bits per heavy atom. The van der Waals surface area contributed by atoms with Crippen LogP contribution in [0.2, 0.25) is 0 Å². The van der Waals surface area contributed by atoms with Gasteiger partial charge in [-0.3, -0.25) is 19.8 Å². The van der Waals surface area contributed by atoms with Gasteiger partial charge < -0.3 is 10.6 Å². The van der Waals surface area contributed by atoms with Crippen LogP contribution >= 0.6 is 0 Å². The van der Waals surface area contributed by atoms with Gasteiger partial charge in [0.1, 0.15) is 0 Å². The molecule has 7 heteroatoms. The summed E-state index contributed by atoms with van der Waals surface area (Å²) in [7, 11) is 0. The van der Waals surface area contributed by atoms with E-state index in [0.717, 1.165) is 25.7 Å². The van der Waals surface area contributed by atoms with Crippen LogP contribution in [0.5, 0.6) is 0 Å². The SMILES string of the molecule is C[C@@H](C(=O)NC(N)=O)N1CCN(C(=O)C2CCCC2)CC1. The molecule has 1 saturated heterocycles. The predicted molar refractivity (Wildman–Crippen MR) is 77.3 cm³/mol. The third-order valence-electron chi connectivity index (χ3n) is 4.50. The van der Waals surface area contributed by atoms with Gasteiger partial charge in [-0.15, -0.1) is 0 Å². The average molecular weight is 296 g/mol. The highest BCUT2D eigenvalue weighted by molar-refractivity contribution is 5.96. The summed E-state index contributed by atoms with van der Waals surface area (Å²) < 4.78 is 0. The van der Waals surface area contributed by atoms with Gasteiger partial charge in [-0.1, -0.05) is 12.8 Å². The van der Waals surface area contributed by atoms with Crippen molar-refractivity contribution in [2.24, 2.45) is 11.7 Å². The molecule has 2 fully saturated rings. The molecule has 2 aliphatic rings. The minimum atomic E-state index is -0.832. The summed E-state index contributed by atoms with van der Waals surface area (Å²) in [6.07, 6.45) is 4.33. The standard InChI is InChI=1S/C14H24N4O3/c1-10(12(19)16-14(15)21)17-6-8-18(9-7-17)13(20)11-4-2-3-5-11/h10-11H,2-9H2,1H3,(H3,15,16,19,21)/t10-/m0/s1. The Morgan fingerprint density at radius 2 is 1.67 bits per heavy atom. The first-order valence-electron chi connectivity index (χ1n) is 7.62. The third-order valence-corrected chi connectivity index (χ3v) is 4.50. The molecule has 0 aromatic heterocycles. The Morgan fingerprint density at radius 1 is 1.10 bits per heavy atom. The molecule has 0 aromatic carbocycles. The fourth-order valence-electron chi connectivity index (χ4n) is 3.15. The minimum absolute atomic E-state index is 0.201. The Bertz CT molecular complexity index is 412. The van der Waals surface area contributed by atoms with E-state index in [1.165, 1.54) is 0 Å². The molecule has 1 atom stereocenters. The summed E-state index contributed by atoms with van der Waals surface area (Å²) in [5, 5.41) is 2.10. The van der Waals surface area contributed by atoms with Crippen LogP contribution in [-0.4, -0.2) is 59.9 Å². The molecule has 0 unspecified atom stereocenters. The van der Waals surface area contributed by atoms with Crippen molar-refractivity contribution in [3.63, 3.8) is 0 Å². The lowest BCUT2D eigenvalue weighted by Crippen LogP contribution is -2.56. The smallest absolute Gasteiger partial charge is 0.318 e. The van der Waals surface area contributed by atoms with Gasteiger partial charge in [0.15, 0.2) is 0 Å². The van der Waals surface area contributed by atoms with Crippen LogP contribution in [0.15, 0.2) is 0 Å². The van der Waals surface area contributed by atoms with Gasteiger partial charge in [0, 0.05) is 32.1 Å². The monoisotopic (exact) mass is 296 g/mol. The zero-order valence-electron chi connectivity index (χ0n) is 12.5. The van der Waals surface area contributed by atoms with Crippen LogP contribution in [0.3, 0.4) is 0 Å². The second kappa shape index (κ2) is 6.89. The zero-order valence-corrected chi connectivity index (χ0v) is 12.5. The van der Waals surface area contributed by atoms with Gasteiger partial charge in [0.25, 0.3) is 0 Å². The highest BCUT2D eigenvalue weighted by Gasteiger charge is 2.31. The molecule has 4 amide bonds. The van der Waals surface area contributed by atoms with E-state index < -0.39 is 18.0 Å². The van der Waals surface area contributed by atoms with Crippen molar-refractivity contribution in [3.05, 3.63) is 0 Å². The molecule has 3 N–H and O–H groups in total. The number of nitrogens with two attached hydrogens (primary N) is 1. The number of imide groups is 1.